The highest BCUT2D eigenvalue weighted by molar-refractivity contribution is 5.88. The molecular weight excluding hydrogens is 378 g/mol. The van der Waals surface area contributed by atoms with E-state index in [4.69, 9.17) is 14.3 Å². The van der Waals surface area contributed by atoms with E-state index in [2.05, 4.69) is 20.8 Å². The molecule has 2 N–H and O–H groups in total. The molecule has 2 heterocycles. The number of nitrogens with one attached hydrogen (secondary N) is 1. The Hall–Kier alpha value is -3.69. The van der Waals surface area contributed by atoms with Gasteiger partial charge in [-0.25, -0.2) is 9.48 Å². The smallest absolute Gasteiger partial charge is 0.339 e. The van der Waals surface area contributed by atoms with Crippen LogP contribution in [0.4, 0.5) is 0 Å². The van der Waals surface area contributed by atoms with E-state index in [-0.39, 0.29) is 23.8 Å². The highest BCUT2D eigenvalue weighted by Crippen LogP contribution is 2.20. The third-order valence-electron chi connectivity index (χ3n) is 4.45. The summed E-state index contributed by atoms with van der Waals surface area (Å²) in [5.74, 6) is 0.406. The van der Waals surface area contributed by atoms with Crippen LogP contribution in [-0.2, 0) is 17.8 Å². The quantitative estimate of drug-likeness (QED) is 0.585. The number of amides is 1. The van der Waals surface area contributed by atoms with Crippen LogP contribution in [0.25, 0.3) is 0 Å². The highest BCUT2D eigenvalue weighted by atomic mass is 16.5. The Kier molecular flexibility index (Phi) is 5.91. The molecule has 152 valence electrons. The lowest BCUT2D eigenvalue weighted by atomic mass is 10.0. The number of aryl methyl sites for hydroxylation is 2. The summed E-state index contributed by atoms with van der Waals surface area (Å²) in [5, 5.41) is 23.3. The van der Waals surface area contributed by atoms with Crippen molar-refractivity contribution in [1.29, 1.82) is 0 Å². The Labute approximate surface area is 166 Å². The fourth-order valence-corrected chi connectivity index (χ4v) is 2.97. The first-order valence-electron chi connectivity index (χ1n) is 8.86. The largest absolute Gasteiger partial charge is 0.497 e. The summed E-state index contributed by atoms with van der Waals surface area (Å²) in [6.07, 6.45) is 0.340. The maximum atomic E-state index is 12.9. The van der Waals surface area contributed by atoms with Gasteiger partial charge in [-0.05, 0) is 48.0 Å². The predicted octanol–water partition coefficient (Wildman–Crippen LogP) is 1.69. The van der Waals surface area contributed by atoms with E-state index in [0.717, 1.165) is 5.56 Å². The number of hydrogen-bond acceptors (Lipinski definition) is 7. The van der Waals surface area contributed by atoms with Gasteiger partial charge in [0.05, 0.1) is 13.7 Å². The molecule has 3 rings (SSSR count). The number of carboxylic acid groups (broad SMARTS) is 1. The summed E-state index contributed by atoms with van der Waals surface area (Å²) in [6.45, 7) is 3.31. The lowest BCUT2D eigenvalue weighted by Gasteiger charge is -2.17. The molecule has 29 heavy (non-hydrogen) atoms. The lowest BCUT2D eigenvalue weighted by molar-refractivity contribution is -0.125. The molecule has 0 saturated carbocycles. The van der Waals surface area contributed by atoms with Crippen LogP contribution in [0.1, 0.15) is 39.3 Å². The molecular formula is C19H21N5O5. The summed E-state index contributed by atoms with van der Waals surface area (Å²) >= 11 is 0. The highest BCUT2D eigenvalue weighted by Gasteiger charge is 2.25. The Morgan fingerprint density at radius 1 is 1.31 bits per heavy atom. The van der Waals surface area contributed by atoms with Gasteiger partial charge in [0.25, 0.3) is 0 Å². The maximum Gasteiger partial charge on any atom is 0.339 e. The van der Waals surface area contributed by atoms with Crippen LogP contribution in [0.15, 0.2) is 34.7 Å². The van der Waals surface area contributed by atoms with Crippen LogP contribution in [0.5, 0.6) is 5.75 Å². The summed E-state index contributed by atoms with van der Waals surface area (Å²) < 4.78 is 12.1. The van der Waals surface area contributed by atoms with Crippen molar-refractivity contribution in [2.45, 2.75) is 32.9 Å². The van der Waals surface area contributed by atoms with Crippen LogP contribution >= 0.6 is 0 Å². The summed E-state index contributed by atoms with van der Waals surface area (Å²) in [6, 6.07) is 8.09. The minimum atomic E-state index is -1.08. The van der Waals surface area contributed by atoms with E-state index in [1.165, 1.54) is 10.7 Å². The fraction of sp³-hybridized carbons (Fsp3) is 0.316. The van der Waals surface area contributed by atoms with Crippen molar-refractivity contribution in [3.8, 4) is 5.75 Å². The van der Waals surface area contributed by atoms with E-state index in [9.17, 15) is 9.59 Å². The number of carbonyl (C=O) groups is 2. The molecule has 0 aliphatic rings. The van der Waals surface area contributed by atoms with Crippen LogP contribution in [0.3, 0.4) is 0 Å². The zero-order valence-electron chi connectivity index (χ0n) is 16.2. The molecule has 0 aliphatic carbocycles. The topological polar surface area (TPSA) is 132 Å². The first kappa shape index (κ1) is 20.1. The van der Waals surface area contributed by atoms with E-state index in [0.29, 0.717) is 23.8 Å². The number of methoxy groups -OCH3 is 1. The number of furan rings is 1. The number of rotatable bonds is 8. The van der Waals surface area contributed by atoms with Crippen molar-refractivity contribution >= 4 is 11.9 Å². The summed E-state index contributed by atoms with van der Waals surface area (Å²) in [7, 11) is 1.57. The second-order valence-corrected chi connectivity index (χ2v) is 6.45. The van der Waals surface area contributed by atoms with Gasteiger partial charge < -0.3 is 19.6 Å². The SMILES string of the molecule is COc1cccc(CC(C(=O)NCc2cc(C(=O)O)c(C)o2)n2nnnc2C)c1. The molecule has 3 aromatic rings. The van der Waals surface area contributed by atoms with Gasteiger partial charge in [-0.15, -0.1) is 5.10 Å². The minimum absolute atomic E-state index is 0.0444. The number of nitrogens with zero attached hydrogens (tertiary/aromatic N) is 4. The van der Waals surface area contributed by atoms with Crippen molar-refractivity contribution in [1.82, 2.24) is 25.5 Å². The van der Waals surface area contributed by atoms with Crippen molar-refractivity contribution in [3.63, 3.8) is 0 Å². The van der Waals surface area contributed by atoms with E-state index < -0.39 is 12.0 Å². The van der Waals surface area contributed by atoms with Gasteiger partial charge in [0, 0.05) is 6.42 Å². The number of carbonyl (C=O) groups excluding carboxylic acids is 1. The Balaban J connectivity index is 1.78. The number of ether oxygens (including phenoxy) is 1. The number of tetrazole rings is 1. The molecule has 10 nitrogen and oxygen atoms in total. The van der Waals surface area contributed by atoms with Crippen molar-refractivity contribution in [2.75, 3.05) is 7.11 Å². The molecule has 0 fully saturated rings. The molecule has 0 aliphatic heterocycles. The van der Waals surface area contributed by atoms with Crippen LogP contribution in [-0.4, -0.2) is 44.3 Å². The van der Waals surface area contributed by atoms with Crippen LogP contribution in [0, 0.1) is 13.8 Å². The normalized spacial score (nSPS) is 11.8. The average molecular weight is 399 g/mol. The van der Waals surface area contributed by atoms with Gasteiger partial charge >= 0.3 is 5.97 Å². The van der Waals surface area contributed by atoms with Gasteiger partial charge in [-0.2, -0.15) is 0 Å². The zero-order valence-corrected chi connectivity index (χ0v) is 16.2. The molecule has 10 heteroatoms. The fourth-order valence-electron chi connectivity index (χ4n) is 2.97. The monoisotopic (exact) mass is 399 g/mol. The summed E-state index contributed by atoms with van der Waals surface area (Å²) in [4.78, 5) is 24.1. The number of benzene rings is 1. The lowest BCUT2D eigenvalue weighted by Crippen LogP contribution is -2.34. The Morgan fingerprint density at radius 2 is 2.10 bits per heavy atom. The number of aromatic nitrogens is 4. The minimum Gasteiger partial charge on any atom is -0.497 e. The predicted molar refractivity (Wildman–Crippen MR) is 101 cm³/mol. The molecule has 0 bridgehead atoms. The number of aromatic carboxylic acids is 1. The van der Waals surface area contributed by atoms with Crippen molar-refractivity contribution < 1.29 is 23.8 Å². The number of carboxylic acids is 1. The van der Waals surface area contributed by atoms with Gasteiger partial charge in [-0.3, -0.25) is 4.79 Å². The Bertz CT molecular complexity index is 1030. The molecule has 0 spiro atoms. The average Bonchev–Trinajstić information content (AvgIpc) is 3.29. The molecule has 1 unspecified atom stereocenters. The zero-order chi connectivity index (χ0) is 21.0. The second-order valence-electron chi connectivity index (χ2n) is 6.45. The van der Waals surface area contributed by atoms with Crippen LogP contribution < -0.4 is 10.1 Å². The maximum absolute atomic E-state index is 12.9. The molecule has 2 aromatic heterocycles. The van der Waals surface area contributed by atoms with E-state index >= 15 is 0 Å². The first-order valence-corrected chi connectivity index (χ1v) is 8.86. The molecule has 0 radical (unpaired) electrons. The van der Waals surface area contributed by atoms with Gasteiger partial charge in [0.1, 0.15) is 34.7 Å². The third-order valence-corrected chi connectivity index (χ3v) is 4.45. The Morgan fingerprint density at radius 3 is 2.72 bits per heavy atom. The molecule has 0 saturated heterocycles. The first-order chi connectivity index (χ1) is 13.9. The number of hydrogen-bond donors (Lipinski definition) is 2. The molecule has 1 aromatic carbocycles. The summed E-state index contributed by atoms with van der Waals surface area (Å²) in [5.41, 5.74) is 0.944. The van der Waals surface area contributed by atoms with Gasteiger partial charge in [0.15, 0.2) is 0 Å². The van der Waals surface area contributed by atoms with Gasteiger partial charge in [-0.1, -0.05) is 12.1 Å². The van der Waals surface area contributed by atoms with Crippen molar-refractivity contribution in [2.24, 2.45) is 0 Å². The van der Waals surface area contributed by atoms with Crippen molar-refractivity contribution in [3.05, 3.63) is 58.8 Å². The standard InChI is InChI=1S/C19H21N5O5/c1-11-16(19(26)27)9-15(29-11)10-20-18(25)17(24-12(2)21-22-23-24)8-13-5-4-6-14(7-13)28-3/h4-7,9,17H,8,10H2,1-3H3,(H,20,25)(H,26,27). The van der Waals surface area contributed by atoms with E-state index in [1.54, 1.807) is 21.0 Å². The third kappa shape index (κ3) is 4.60. The van der Waals surface area contributed by atoms with Crippen LogP contribution in [0.2, 0.25) is 0 Å². The second kappa shape index (κ2) is 8.55. The van der Waals surface area contributed by atoms with Gasteiger partial charge in [0.2, 0.25) is 5.91 Å². The van der Waals surface area contributed by atoms with E-state index in [1.807, 2.05) is 24.3 Å². The molecule has 1 atom stereocenters. The molecule has 1 amide bonds.